The van der Waals surface area contributed by atoms with Crippen LogP contribution < -0.4 is 10.6 Å². The molecule has 0 bridgehead atoms. The lowest BCUT2D eigenvalue weighted by Gasteiger charge is -2.35. The van der Waals surface area contributed by atoms with Gasteiger partial charge in [0.15, 0.2) is 0 Å². The smallest absolute Gasteiger partial charge is 0.384 e. The van der Waals surface area contributed by atoms with Gasteiger partial charge >= 0.3 is 6.18 Å². The van der Waals surface area contributed by atoms with Gasteiger partial charge in [-0.1, -0.05) is 6.07 Å². The van der Waals surface area contributed by atoms with Crippen molar-refractivity contribution in [2.45, 2.75) is 6.18 Å². The van der Waals surface area contributed by atoms with Crippen LogP contribution >= 0.6 is 0 Å². The van der Waals surface area contributed by atoms with Crippen LogP contribution in [0.25, 0.3) is 0 Å². The quantitative estimate of drug-likeness (QED) is 0.871. The number of piperazine rings is 1. The molecule has 0 unspecified atom stereocenters. The van der Waals surface area contributed by atoms with E-state index in [4.69, 9.17) is 5.73 Å². The van der Waals surface area contributed by atoms with Gasteiger partial charge in [0.25, 0.3) is 0 Å². The molecule has 2 heterocycles. The number of nitrogens with zero attached hydrogens (tertiary/aromatic N) is 3. The molecule has 0 saturated carbocycles. The normalized spacial score (nSPS) is 18.1. The summed E-state index contributed by atoms with van der Waals surface area (Å²) in [5.41, 5.74) is 5.58. The zero-order valence-electron chi connectivity index (χ0n) is 9.82. The first-order valence-corrected chi connectivity index (χ1v) is 5.71. The molecule has 2 N–H and O–H groups in total. The Kier molecular flexibility index (Phi) is 3.60. The van der Waals surface area contributed by atoms with Gasteiger partial charge < -0.3 is 10.6 Å². The largest absolute Gasteiger partial charge is 0.401 e. The van der Waals surface area contributed by atoms with Crippen molar-refractivity contribution in [3.8, 4) is 0 Å². The average Bonchev–Trinajstić information content (AvgIpc) is 2.28. The zero-order valence-corrected chi connectivity index (χ0v) is 9.82. The van der Waals surface area contributed by atoms with E-state index in [1.165, 1.54) is 4.90 Å². The Balaban J connectivity index is 1.91. The van der Waals surface area contributed by atoms with E-state index >= 15 is 0 Å². The Bertz CT molecular complexity index is 400. The third-order valence-corrected chi connectivity index (χ3v) is 2.86. The number of hydrogen-bond donors (Lipinski definition) is 1. The van der Waals surface area contributed by atoms with Gasteiger partial charge in [0, 0.05) is 26.2 Å². The van der Waals surface area contributed by atoms with Crippen LogP contribution in [0.3, 0.4) is 0 Å². The Morgan fingerprint density at radius 2 is 1.83 bits per heavy atom. The Morgan fingerprint density at radius 3 is 2.39 bits per heavy atom. The molecule has 0 aromatic carbocycles. The summed E-state index contributed by atoms with van der Waals surface area (Å²) >= 11 is 0. The van der Waals surface area contributed by atoms with Crippen LogP contribution in [-0.4, -0.2) is 48.8 Å². The molecule has 0 atom stereocenters. The summed E-state index contributed by atoms with van der Waals surface area (Å²) in [6, 6.07) is 5.29. The number of pyridine rings is 1. The molecule has 0 amide bonds. The second kappa shape index (κ2) is 5.01. The summed E-state index contributed by atoms with van der Waals surface area (Å²) in [5, 5.41) is 0. The van der Waals surface area contributed by atoms with Crippen molar-refractivity contribution >= 4 is 11.6 Å². The minimum Gasteiger partial charge on any atom is -0.384 e. The predicted molar refractivity (Wildman–Crippen MR) is 63.4 cm³/mol. The van der Waals surface area contributed by atoms with Crippen LogP contribution in [0.1, 0.15) is 0 Å². The third-order valence-electron chi connectivity index (χ3n) is 2.86. The lowest BCUT2D eigenvalue weighted by molar-refractivity contribution is -0.146. The van der Waals surface area contributed by atoms with Crippen LogP contribution in [-0.2, 0) is 0 Å². The van der Waals surface area contributed by atoms with Gasteiger partial charge in [-0.2, -0.15) is 13.2 Å². The molecule has 1 fully saturated rings. The number of anilines is 2. The molecule has 2 rings (SSSR count). The SMILES string of the molecule is Nc1cccc(N2CCN(CC(F)(F)F)CC2)n1. The van der Waals surface area contributed by atoms with E-state index in [0.29, 0.717) is 32.0 Å². The van der Waals surface area contributed by atoms with Crippen LogP contribution in [0.15, 0.2) is 18.2 Å². The molecule has 0 aliphatic carbocycles. The first kappa shape index (κ1) is 12.9. The summed E-state index contributed by atoms with van der Waals surface area (Å²) in [7, 11) is 0. The molecule has 0 radical (unpaired) electrons. The highest BCUT2D eigenvalue weighted by Crippen LogP contribution is 2.19. The van der Waals surface area contributed by atoms with Gasteiger partial charge in [-0.25, -0.2) is 4.98 Å². The van der Waals surface area contributed by atoms with Crippen molar-refractivity contribution in [3.05, 3.63) is 18.2 Å². The van der Waals surface area contributed by atoms with Gasteiger partial charge in [-0.05, 0) is 12.1 Å². The van der Waals surface area contributed by atoms with E-state index in [0.717, 1.165) is 5.82 Å². The summed E-state index contributed by atoms with van der Waals surface area (Å²) in [4.78, 5) is 7.51. The number of nitrogen functional groups attached to an aromatic ring is 1. The lowest BCUT2D eigenvalue weighted by atomic mass is 10.3. The van der Waals surface area contributed by atoms with E-state index in [9.17, 15) is 13.2 Å². The minimum atomic E-state index is -4.13. The topological polar surface area (TPSA) is 45.4 Å². The fraction of sp³-hybridized carbons (Fsp3) is 0.545. The summed E-state index contributed by atoms with van der Waals surface area (Å²) in [6.45, 7) is 0.996. The van der Waals surface area contributed by atoms with E-state index in [-0.39, 0.29) is 0 Å². The second-order valence-electron chi connectivity index (χ2n) is 4.30. The highest BCUT2D eigenvalue weighted by molar-refractivity contribution is 5.45. The van der Waals surface area contributed by atoms with E-state index in [1.807, 2.05) is 11.0 Å². The fourth-order valence-corrected chi connectivity index (χ4v) is 2.00. The molecule has 1 aromatic rings. The van der Waals surface area contributed by atoms with Crippen molar-refractivity contribution in [2.24, 2.45) is 0 Å². The third kappa shape index (κ3) is 3.49. The van der Waals surface area contributed by atoms with Crippen molar-refractivity contribution in [1.29, 1.82) is 0 Å². The molecule has 4 nitrogen and oxygen atoms in total. The fourth-order valence-electron chi connectivity index (χ4n) is 2.00. The van der Waals surface area contributed by atoms with Crippen LogP contribution in [0.5, 0.6) is 0 Å². The Labute approximate surface area is 103 Å². The highest BCUT2D eigenvalue weighted by atomic mass is 19.4. The first-order chi connectivity index (χ1) is 8.44. The van der Waals surface area contributed by atoms with E-state index in [2.05, 4.69) is 4.98 Å². The van der Waals surface area contributed by atoms with Crippen LogP contribution in [0.4, 0.5) is 24.8 Å². The summed E-state index contributed by atoms with van der Waals surface area (Å²) in [5.74, 6) is 1.15. The highest BCUT2D eigenvalue weighted by Gasteiger charge is 2.32. The molecule has 18 heavy (non-hydrogen) atoms. The number of rotatable bonds is 2. The van der Waals surface area contributed by atoms with Crippen LogP contribution in [0.2, 0.25) is 0 Å². The molecule has 100 valence electrons. The number of hydrogen-bond acceptors (Lipinski definition) is 4. The number of nitrogens with two attached hydrogens (primary N) is 1. The van der Waals surface area contributed by atoms with Crippen LogP contribution in [0, 0.1) is 0 Å². The summed E-state index contributed by atoms with van der Waals surface area (Å²) < 4.78 is 36.7. The lowest BCUT2D eigenvalue weighted by Crippen LogP contribution is -2.49. The van der Waals surface area contributed by atoms with Crippen molar-refractivity contribution in [3.63, 3.8) is 0 Å². The number of halogens is 3. The molecular formula is C11H15F3N4. The first-order valence-electron chi connectivity index (χ1n) is 5.71. The maximum Gasteiger partial charge on any atom is 0.401 e. The monoisotopic (exact) mass is 260 g/mol. The Morgan fingerprint density at radius 1 is 1.17 bits per heavy atom. The van der Waals surface area contributed by atoms with Gasteiger partial charge in [-0.3, -0.25) is 4.90 Å². The van der Waals surface area contributed by atoms with Gasteiger partial charge in [0.05, 0.1) is 6.54 Å². The van der Waals surface area contributed by atoms with Crippen molar-refractivity contribution in [1.82, 2.24) is 9.88 Å². The number of alkyl halides is 3. The predicted octanol–water partition coefficient (Wildman–Crippen LogP) is 1.35. The molecule has 1 saturated heterocycles. The van der Waals surface area contributed by atoms with Crippen molar-refractivity contribution < 1.29 is 13.2 Å². The molecule has 1 aliphatic rings. The molecular weight excluding hydrogens is 245 g/mol. The van der Waals surface area contributed by atoms with E-state index in [1.54, 1.807) is 12.1 Å². The van der Waals surface area contributed by atoms with Gasteiger partial charge in [0.2, 0.25) is 0 Å². The average molecular weight is 260 g/mol. The number of aromatic nitrogens is 1. The minimum absolute atomic E-state index is 0.385. The molecule has 0 spiro atoms. The van der Waals surface area contributed by atoms with Gasteiger partial charge in [0.1, 0.15) is 11.6 Å². The Hall–Kier alpha value is -1.50. The molecule has 7 heteroatoms. The standard InChI is InChI=1S/C11H15F3N4/c12-11(13,14)8-17-4-6-18(7-5-17)10-3-1-2-9(15)16-10/h1-3H,4-8H2,(H2,15,16). The van der Waals surface area contributed by atoms with Crippen molar-refractivity contribution in [2.75, 3.05) is 43.4 Å². The van der Waals surface area contributed by atoms with E-state index < -0.39 is 12.7 Å². The molecule has 1 aliphatic heterocycles. The molecule has 1 aromatic heterocycles. The second-order valence-corrected chi connectivity index (χ2v) is 4.30. The zero-order chi connectivity index (χ0) is 13.2. The summed E-state index contributed by atoms with van der Waals surface area (Å²) in [6.07, 6.45) is -4.13. The maximum absolute atomic E-state index is 12.2. The van der Waals surface area contributed by atoms with Gasteiger partial charge in [-0.15, -0.1) is 0 Å². The maximum atomic E-state index is 12.2.